The van der Waals surface area contributed by atoms with Crippen LogP contribution in [-0.2, 0) is 19.5 Å². The standard InChI is InChI=1S/C28H31N5O4/c1-4-14-30-15-13-24-22(17-30)23(29-32(24)25-7-5-6-8-27(25)37-3)18-31(21-11-12-21)28(34)20-10-9-19(2)26(16-20)33(35)36/h4-10,16,21H,1,11-15,17-18H2,2-3H3. The van der Waals surface area contributed by atoms with E-state index in [0.717, 1.165) is 60.7 Å². The van der Waals surface area contributed by atoms with E-state index in [1.165, 1.54) is 6.07 Å². The number of ether oxygens (including phenoxy) is 1. The number of fused-ring (bicyclic) bond motifs is 1. The quantitative estimate of drug-likeness (QED) is 0.244. The maximum absolute atomic E-state index is 13.7. The Labute approximate surface area is 216 Å². The monoisotopic (exact) mass is 501 g/mol. The predicted octanol–water partition coefficient (Wildman–Crippen LogP) is 4.45. The number of carbonyl (C=O) groups excluding carboxylic acids is 1. The van der Waals surface area contributed by atoms with E-state index in [1.54, 1.807) is 26.2 Å². The van der Waals surface area contributed by atoms with E-state index in [9.17, 15) is 14.9 Å². The number of hydrogen-bond donors (Lipinski definition) is 0. The molecule has 1 aromatic heterocycles. The molecule has 1 amide bonds. The summed E-state index contributed by atoms with van der Waals surface area (Å²) in [7, 11) is 1.65. The first-order chi connectivity index (χ1) is 17.9. The minimum atomic E-state index is -0.437. The van der Waals surface area contributed by atoms with Crippen LogP contribution in [0.15, 0.2) is 55.1 Å². The smallest absolute Gasteiger partial charge is 0.273 e. The maximum atomic E-state index is 13.7. The molecule has 5 rings (SSSR count). The number of benzene rings is 2. The molecule has 9 nitrogen and oxygen atoms in total. The molecule has 0 radical (unpaired) electrons. The minimum absolute atomic E-state index is 0.0421. The van der Waals surface area contributed by atoms with Crippen molar-refractivity contribution in [2.24, 2.45) is 0 Å². The Kier molecular flexibility index (Phi) is 6.80. The Morgan fingerprint density at radius 3 is 2.78 bits per heavy atom. The maximum Gasteiger partial charge on any atom is 0.273 e. The van der Waals surface area contributed by atoms with Crippen molar-refractivity contribution in [1.29, 1.82) is 0 Å². The Morgan fingerprint density at radius 1 is 1.30 bits per heavy atom. The van der Waals surface area contributed by atoms with E-state index < -0.39 is 4.92 Å². The highest BCUT2D eigenvalue weighted by molar-refractivity contribution is 5.95. The van der Waals surface area contributed by atoms with Gasteiger partial charge in [0, 0.05) is 54.9 Å². The Bertz CT molecular complexity index is 1360. The van der Waals surface area contributed by atoms with E-state index in [0.29, 0.717) is 24.2 Å². The topological polar surface area (TPSA) is 93.7 Å². The van der Waals surface area contributed by atoms with Gasteiger partial charge in [0.05, 0.1) is 30.0 Å². The van der Waals surface area contributed by atoms with Crippen LogP contribution >= 0.6 is 0 Å². The first kappa shape index (κ1) is 24.7. The van der Waals surface area contributed by atoms with Crippen LogP contribution in [0.1, 0.15) is 45.7 Å². The van der Waals surface area contributed by atoms with Crippen LogP contribution < -0.4 is 4.74 Å². The molecule has 192 valence electrons. The van der Waals surface area contributed by atoms with Gasteiger partial charge in [0.1, 0.15) is 11.4 Å². The average molecular weight is 502 g/mol. The van der Waals surface area contributed by atoms with Crippen molar-refractivity contribution in [2.45, 2.75) is 45.3 Å². The second-order valence-corrected chi connectivity index (χ2v) is 9.65. The van der Waals surface area contributed by atoms with Crippen molar-refractivity contribution in [1.82, 2.24) is 19.6 Å². The molecule has 1 saturated carbocycles. The van der Waals surface area contributed by atoms with Gasteiger partial charge in [-0.2, -0.15) is 5.10 Å². The van der Waals surface area contributed by atoms with Crippen molar-refractivity contribution >= 4 is 11.6 Å². The largest absolute Gasteiger partial charge is 0.494 e. The number of para-hydroxylation sites is 2. The summed E-state index contributed by atoms with van der Waals surface area (Å²) in [4.78, 5) is 28.8. The van der Waals surface area contributed by atoms with Gasteiger partial charge in [-0.25, -0.2) is 4.68 Å². The summed E-state index contributed by atoms with van der Waals surface area (Å²) in [5.74, 6) is 0.528. The molecule has 0 spiro atoms. The number of amides is 1. The fourth-order valence-electron chi connectivity index (χ4n) is 5.03. The molecule has 1 fully saturated rings. The minimum Gasteiger partial charge on any atom is -0.494 e. The van der Waals surface area contributed by atoms with Gasteiger partial charge in [-0.1, -0.05) is 24.3 Å². The predicted molar refractivity (Wildman–Crippen MR) is 140 cm³/mol. The van der Waals surface area contributed by atoms with Crippen LogP contribution in [0.5, 0.6) is 5.75 Å². The van der Waals surface area contributed by atoms with Crippen LogP contribution in [-0.4, -0.2) is 56.7 Å². The van der Waals surface area contributed by atoms with E-state index in [4.69, 9.17) is 9.84 Å². The summed E-state index contributed by atoms with van der Waals surface area (Å²) in [5.41, 5.74) is 4.77. The van der Waals surface area contributed by atoms with Crippen LogP contribution in [0.25, 0.3) is 5.69 Å². The van der Waals surface area contributed by atoms with Gasteiger partial charge in [-0.05, 0) is 38.0 Å². The number of nitrogens with zero attached hydrogens (tertiary/aromatic N) is 5. The first-order valence-corrected chi connectivity index (χ1v) is 12.5. The third-order valence-electron chi connectivity index (χ3n) is 7.14. The van der Waals surface area contributed by atoms with Crippen LogP contribution in [0.2, 0.25) is 0 Å². The number of hydrogen-bond acceptors (Lipinski definition) is 6. The summed E-state index contributed by atoms with van der Waals surface area (Å²) in [5, 5.41) is 16.5. The van der Waals surface area contributed by atoms with Gasteiger partial charge in [-0.15, -0.1) is 6.58 Å². The third kappa shape index (κ3) is 4.86. The fraction of sp³-hybridized carbons (Fsp3) is 0.357. The first-order valence-electron chi connectivity index (χ1n) is 12.5. The SMILES string of the molecule is C=CCN1CCc2c(c(CN(C(=O)c3ccc(C)c([N+](=O)[O-])c3)C3CC3)nn2-c2ccccc2OC)C1. The Hall–Kier alpha value is -3.98. The van der Waals surface area contributed by atoms with Crippen LogP contribution in [0, 0.1) is 17.0 Å². The molecule has 1 aliphatic carbocycles. The second-order valence-electron chi connectivity index (χ2n) is 9.65. The summed E-state index contributed by atoms with van der Waals surface area (Å²) in [6.45, 7) is 8.29. The zero-order valence-electron chi connectivity index (χ0n) is 21.2. The summed E-state index contributed by atoms with van der Waals surface area (Å²) >= 11 is 0. The number of aromatic nitrogens is 2. The highest BCUT2D eigenvalue weighted by atomic mass is 16.6. The summed E-state index contributed by atoms with van der Waals surface area (Å²) < 4.78 is 7.58. The number of nitro benzene ring substituents is 1. The molecular formula is C28H31N5O4. The Morgan fingerprint density at radius 2 is 2.08 bits per heavy atom. The molecule has 0 unspecified atom stereocenters. The van der Waals surface area contributed by atoms with E-state index >= 15 is 0 Å². The van der Waals surface area contributed by atoms with Gasteiger partial charge in [0.2, 0.25) is 0 Å². The lowest BCUT2D eigenvalue weighted by Crippen LogP contribution is -2.34. The summed E-state index contributed by atoms with van der Waals surface area (Å²) in [6.07, 6.45) is 4.55. The van der Waals surface area contributed by atoms with E-state index in [1.807, 2.05) is 39.9 Å². The van der Waals surface area contributed by atoms with Crippen LogP contribution in [0.3, 0.4) is 0 Å². The number of carbonyl (C=O) groups is 1. The van der Waals surface area contributed by atoms with Crippen molar-refractivity contribution in [3.05, 3.63) is 93.3 Å². The van der Waals surface area contributed by atoms with Gasteiger partial charge in [-0.3, -0.25) is 19.8 Å². The van der Waals surface area contributed by atoms with Crippen molar-refractivity contribution < 1.29 is 14.5 Å². The molecule has 0 bridgehead atoms. The molecular weight excluding hydrogens is 470 g/mol. The Balaban J connectivity index is 1.54. The molecule has 0 N–H and O–H groups in total. The lowest BCUT2D eigenvalue weighted by atomic mass is 10.0. The normalized spacial score (nSPS) is 15.2. The zero-order chi connectivity index (χ0) is 26.1. The number of methoxy groups -OCH3 is 1. The van der Waals surface area contributed by atoms with Gasteiger partial charge in [0.15, 0.2) is 0 Å². The molecule has 2 aliphatic rings. The molecule has 9 heteroatoms. The zero-order valence-corrected chi connectivity index (χ0v) is 21.2. The van der Waals surface area contributed by atoms with Crippen molar-refractivity contribution in [3.8, 4) is 11.4 Å². The molecule has 37 heavy (non-hydrogen) atoms. The number of aryl methyl sites for hydroxylation is 1. The van der Waals surface area contributed by atoms with E-state index in [-0.39, 0.29) is 17.6 Å². The lowest BCUT2D eigenvalue weighted by molar-refractivity contribution is -0.385. The van der Waals surface area contributed by atoms with Gasteiger partial charge in [0.25, 0.3) is 11.6 Å². The molecule has 2 heterocycles. The van der Waals surface area contributed by atoms with E-state index in [2.05, 4.69) is 11.5 Å². The van der Waals surface area contributed by atoms with Crippen LogP contribution in [0.4, 0.5) is 5.69 Å². The van der Waals surface area contributed by atoms with Crippen molar-refractivity contribution in [3.63, 3.8) is 0 Å². The van der Waals surface area contributed by atoms with Gasteiger partial charge < -0.3 is 9.64 Å². The van der Waals surface area contributed by atoms with Crippen molar-refractivity contribution in [2.75, 3.05) is 20.2 Å². The highest BCUT2D eigenvalue weighted by Gasteiger charge is 2.36. The molecule has 0 saturated heterocycles. The molecule has 3 aromatic rings. The lowest BCUT2D eigenvalue weighted by Gasteiger charge is -2.27. The number of nitro groups is 1. The molecule has 1 aliphatic heterocycles. The van der Waals surface area contributed by atoms with Gasteiger partial charge >= 0.3 is 0 Å². The third-order valence-corrected chi connectivity index (χ3v) is 7.14. The molecule has 0 atom stereocenters. The highest BCUT2D eigenvalue weighted by Crippen LogP contribution is 2.34. The second kappa shape index (κ2) is 10.2. The summed E-state index contributed by atoms with van der Waals surface area (Å²) in [6, 6.07) is 12.6. The fourth-order valence-corrected chi connectivity index (χ4v) is 5.03. The average Bonchev–Trinajstić information content (AvgIpc) is 3.69. The number of rotatable bonds is 9. The molecule has 2 aromatic carbocycles.